The summed E-state index contributed by atoms with van der Waals surface area (Å²) in [6, 6.07) is 14.4. The molecule has 0 spiro atoms. The third-order valence-corrected chi connectivity index (χ3v) is 6.43. The van der Waals surface area contributed by atoms with Crippen LogP contribution in [0.1, 0.15) is 48.5 Å². The number of likely N-dealkylation sites (tertiary alicyclic amines) is 1. The molecule has 1 fully saturated rings. The minimum Gasteiger partial charge on any atom is -0.336 e. The summed E-state index contributed by atoms with van der Waals surface area (Å²) in [7, 11) is -3.77. The van der Waals surface area contributed by atoms with Gasteiger partial charge in [-0.2, -0.15) is 5.26 Å². The van der Waals surface area contributed by atoms with Crippen molar-refractivity contribution >= 4 is 21.6 Å². The number of nitriles is 1. The van der Waals surface area contributed by atoms with Gasteiger partial charge >= 0.3 is 0 Å². The zero-order valence-corrected chi connectivity index (χ0v) is 16.6. The van der Waals surface area contributed by atoms with Crippen LogP contribution >= 0.6 is 0 Å². The molecule has 1 atom stereocenters. The SMILES string of the molecule is CCC1CCCCN1C(=O)c1ccc(S(=O)(=O)Nc2ccc(C#N)cc2)cc1. The summed E-state index contributed by atoms with van der Waals surface area (Å²) < 4.78 is 27.6. The zero-order chi connectivity index (χ0) is 20.1. The summed E-state index contributed by atoms with van der Waals surface area (Å²) in [5.41, 5.74) is 1.32. The molecule has 7 heteroatoms. The van der Waals surface area contributed by atoms with Gasteiger partial charge in [0, 0.05) is 23.8 Å². The zero-order valence-electron chi connectivity index (χ0n) is 15.8. The fraction of sp³-hybridized carbons (Fsp3) is 0.333. The minimum atomic E-state index is -3.77. The van der Waals surface area contributed by atoms with Crippen molar-refractivity contribution < 1.29 is 13.2 Å². The number of sulfonamides is 1. The van der Waals surface area contributed by atoms with Crippen molar-refractivity contribution in [3.05, 3.63) is 59.7 Å². The number of hydrogen-bond acceptors (Lipinski definition) is 4. The Morgan fingerprint density at radius 2 is 1.82 bits per heavy atom. The second kappa shape index (κ2) is 8.44. The maximum atomic E-state index is 12.8. The van der Waals surface area contributed by atoms with E-state index in [-0.39, 0.29) is 16.8 Å². The number of hydrogen-bond donors (Lipinski definition) is 1. The van der Waals surface area contributed by atoms with Crippen molar-refractivity contribution in [2.24, 2.45) is 0 Å². The number of amides is 1. The summed E-state index contributed by atoms with van der Waals surface area (Å²) in [4.78, 5) is 14.8. The molecule has 1 aliphatic heterocycles. The first-order valence-corrected chi connectivity index (χ1v) is 10.9. The first kappa shape index (κ1) is 19.9. The Balaban J connectivity index is 1.75. The standard InChI is InChI=1S/C21H23N3O3S/c1-2-19-5-3-4-14-24(19)21(25)17-8-12-20(13-9-17)28(26,27)23-18-10-6-16(15-22)7-11-18/h6-13,19,23H,2-5,14H2,1H3. The van der Waals surface area contributed by atoms with Crippen molar-refractivity contribution in [2.75, 3.05) is 11.3 Å². The molecule has 3 rings (SSSR count). The number of carbonyl (C=O) groups is 1. The smallest absolute Gasteiger partial charge is 0.261 e. The van der Waals surface area contributed by atoms with E-state index < -0.39 is 10.0 Å². The van der Waals surface area contributed by atoms with Gasteiger partial charge in [-0.15, -0.1) is 0 Å². The second-order valence-corrected chi connectivity index (χ2v) is 8.56. The van der Waals surface area contributed by atoms with E-state index in [4.69, 9.17) is 5.26 Å². The van der Waals surface area contributed by atoms with Crippen LogP contribution in [0.2, 0.25) is 0 Å². The molecule has 1 saturated heterocycles. The molecule has 0 radical (unpaired) electrons. The molecular weight excluding hydrogens is 374 g/mol. The number of nitrogens with one attached hydrogen (secondary N) is 1. The number of piperidine rings is 1. The van der Waals surface area contributed by atoms with Gasteiger partial charge in [-0.3, -0.25) is 9.52 Å². The summed E-state index contributed by atoms with van der Waals surface area (Å²) in [6.07, 6.45) is 4.08. The summed E-state index contributed by atoms with van der Waals surface area (Å²) in [5.74, 6) is -0.0458. The average Bonchev–Trinajstić information content (AvgIpc) is 2.73. The minimum absolute atomic E-state index is 0.0458. The lowest BCUT2D eigenvalue weighted by atomic mass is 9.99. The summed E-state index contributed by atoms with van der Waals surface area (Å²) in [6.45, 7) is 2.83. The molecule has 1 amide bonds. The molecule has 1 aliphatic rings. The maximum Gasteiger partial charge on any atom is 0.261 e. The van der Waals surface area contributed by atoms with E-state index >= 15 is 0 Å². The first-order valence-electron chi connectivity index (χ1n) is 9.38. The highest BCUT2D eigenvalue weighted by Gasteiger charge is 2.26. The predicted octanol–water partition coefficient (Wildman–Crippen LogP) is 3.76. The van der Waals surface area contributed by atoms with Gasteiger partial charge in [0.25, 0.3) is 15.9 Å². The number of carbonyl (C=O) groups excluding carboxylic acids is 1. The first-order chi connectivity index (χ1) is 13.4. The van der Waals surface area contributed by atoms with E-state index in [9.17, 15) is 13.2 Å². The largest absolute Gasteiger partial charge is 0.336 e. The van der Waals surface area contributed by atoms with Gasteiger partial charge in [-0.05, 0) is 74.2 Å². The van der Waals surface area contributed by atoms with Crippen LogP contribution in [-0.2, 0) is 10.0 Å². The Bertz CT molecular complexity index is 977. The molecule has 1 N–H and O–H groups in total. The van der Waals surface area contributed by atoms with Crippen molar-refractivity contribution in [2.45, 2.75) is 43.5 Å². The van der Waals surface area contributed by atoms with Crippen LogP contribution < -0.4 is 4.72 Å². The fourth-order valence-corrected chi connectivity index (χ4v) is 4.52. The summed E-state index contributed by atoms with van der Waals surface area (Å²) in [5, 5.41) is 8.82. The quantitative estimate of drug-likeness (QED) is 0.832. The Labute approximate surface area is 165 Å². The normalized spacial score (nSPS) is 17.0. The van der Waals surface area contributed by atoms with Gasteiger partial charge < -0.3 is 4.90 Å². The second-order valence-electron chi connectivity index (χ2n) is 6.88. The lowest BCUT2D eigenvalue weighted by Gasteiger charge is -2.35. The lowest BCUT2D eigenvalue weighted by Crippen LogP contribution is -2.43. The fourth-order valence-electron chi connectivity index (χ4n) is 3.46. The van der Waals surface area contributed by atoms with E-state index in [0.29, 0.717) is 16.8 Å². The Hall–Kier alpha value is -2.85. The molecule has 28 heavy (non-hydrogen) atoms. The molecule has 0 aromatic heterocycles. The van der Waals surface area contributed by atoms with E-state index in [1.807, 2.05) is 11.0 Å². The van der Waals surface area contributed by atoms with Crippen LogP contribution in [0, 0.1) is 11.3 Å². The van der Waals surface area contributed by atoms with Gasteiger partial charge in [-0.1, -0.05) is 6.92 Å². The molecule has 0 bridgehead atoms. The molecule has 146 valence electrons. The monoisotopic (exact) mass is 397 g/mol. The van der Waals surface area contributed by atoms with Crippen LogP contribution in [0.3, 0.4) is 0 Å². The molecule has 0 saturated carbocycles. The van der Waals surface area contributed by atoms with Gasteiger partial charge in [0.1, 0.15) is 0 Å². The topological polar surface area (TPSA) is 90.3 Å². The third-order valence-electron chi connectivity index (χ3n) is 5.04. The molecule has 1 heterocycles. The van der Waals surface area contributed by atoms with Gasteiger partial charge in [0.2, 0.25) is 0 Å². The number of benzene rings is 2. The molecular formula is C21H23N3O3S. The van der Waals surface area contributed by atoms with Crippen LogP contribution in [-0.4, -0.2) is 31.8 Å². The Kier molecular flexibility index (Phi) is 6.00. The molecule has 6 nitrogen and oxygen atoms in total. The number of nitrogens with zero attached hydrogens (tertiary/aromatic N) is 2. The van der Waals surface area contributed by atoms with E-state index in [0.717, 1.165) is 32.2 Å². The molecule has 1 unspecified atom stereocenters. The van der Waals surface area contributed by atoms with E-state index in [1.54, 1.807) is 24.3 Å². The van der Waals surface area contributed by atoms with Gasteiger partial charge in [0.15, 0.2) is 0 Å². The van der Waals surface area contributed by atoms with Crippen molar-refractivity contribution in [3.63, 3.8) is 0 Å². The van der Waals surface area contributed by atoms with Crippen LogP contribution in [0.15, 0.2) is 53.4 Å². The third kappa shape index (κ3) is 4.34. The summed E-state index contributed by atoms with van der Waals surface area (Å²) >= 11 is 0. The highest BCUT2D eigenvalue weighted by Crippen LogP contribution is 2.23. The average molecular weight is 398 g/mol. The lowest BCUT2D eigenvalue weighted by molar-refractivity contribution is 0.0608. The van der Waals surface area contributed by atoms with Crippen LogP contribution in [0.25, 0.3) is 0 Å². The molecule has 0 aliphatic carbocycles. The highest BCUT2D eigenvalue weighted by atomic mass is 32.2. The molecule has 2 aromatic rings. The Morgan fingerprint density at radius 3 is 2.43 bits per heavy atom. The Morgan fingerprint density at radius 1 is 1.14 bits per heavy atom. The van der Waals surface area contributed by atoms with Crippen molar-refractivity contribution in [3.8, 4) is 6.07 Å². The van der Waals surface area contributed by atoms with Crippen molar-refractivity contribution in [1.29, 1.82) is 5.26 Å². The predicted molar refractivity (Wildman–Crippen MR) is 107 cm³/mol. The number of rotatable bonds is 5. The van der Waals surface area contributed by atoms with Gasteiger partial charge in [0.05, 0.1) is 16.5 Å². The maximum absolute atomic E-state index is 12.8. The van der Waals surface area contributed by atoms with Crippen LogP contribution in [0.4, 0.5) is 5.69 Å². The van der Waals surface area contributed by atoms with E-state index in [1.165, 1.54) is 24.3 Å². The van der Waals surface area contributed by atoms with Crippen LogP contribution in [0.5, 0.6) is 0 Å². The number of anilines is 1. The van der Waals surface area contributed by atoms with E-state index in [2.05, 4.69) is 11.6 Å². The molecule has 2 aromatic carbocycles. The highest BCUT2D eigenvalue weighted by molar-refractivity contribution is 7.92. The van der Waals surface area contributed by atoms with Crippen molar-refractivity contribution in [1.82, 2.24) is 4.90 Å². The van der Waals surface area contributed by atoms with Gasteiger partial charge in [-0.25, -0.2) is 8.42 Å².